The van der Waals surface area contributed by atoms with E-state index in [9.17, 15) is 0 Å². The quantitative estimate of drug-likeness (QED) is 0.665. The van der Waals surface area contributed by atoms with Crippen molar-refractivity contribution < 1.29 is 4.57 Å². The minimum Gasteiger partial charge on any atom is -0.198 e. The Morgan fingerprint density at radius 2 is 1.25 bits per heavy atom. The van der Waals surface area contributed by atoms with E-state index >= 15 is 0 Å². The van der Waals surface area contributed by atoms with Crippen LogP contribution in [0, 0.1) is 41.5 Å². The predicted molar refractivity (Wildman–Crippen MR) is 87.6 cm³/mol. The van der Waals surface area contributed by atoms with Crippen LogP contribution < -0.4 is 4.57 Å². The maximum Gasteiger partial charge on any atom is 0.216 e. The Morgan fingerprint density at radius 1 is 0.700 bits per heavy atom. The van der Waals surface area contributed by atoms with E-state index in [2.05, 4.69) is 67.0 Å². The van der Waals surface area contributed by atoms with Crippen LogP contribution in [0.25, 0.3) is 10.9 Å². The fraction of sp³-hybridized carbons (Fsp3) is 0.526. The van der Waals surface area contributed by atoms with E-state index in [1.165, 1.54) is 50.0 Å². The van der Waals surface area contributed by atoms with E-state index in [0.717, 1.165) is 0 Å². The molecule has 1 nitrogen and oxygen atoms in total. The van der Waals surface area contributed by atoms with E-state index in [4.69, 9.17) is 0 Å². The highest BCUT2D eigenvalue weighted by molar-refractivity contribution is 5.89. The van der Waals surface area contributed by atoms with Crippen LogP contribution in [0.1, 0.15) is 58.8 Å². The predicted octanol–water partition coefficient (Wildman–Crippen LogP) is 4.64. The first-order valence-electron chi connectivity index (χ1n) is 7.59. The summed E-state index contributed by atoms with van der Waals surface area (Å²) in [7, 11) is 2.20. The van der Waals surface area contributed by atoms with E-state index < -0.39 is 0 Å². The second-order valence-corrected chi connectivity index (χ2v) is 6.56. The average Bonchev–Trinajstić information content (AvgIpc) is 2.39. The molecule has 0 N–H and O–H groups in total. The standard InChI is InChI=1S/C19H28N/c1-10(2)17-13(5)11(3)15(7)19-18(17)14(6)12(4)16(8)20(19)9/h10H,1-9H3/q+1. The molecule has 0 aliphatic rings. The largest absolute Gasteiger partial charge is 0.216 e. The summed E-state index contributed by atoms with van der Waals surface area (Å²) >= 11 is 0. The van der Waals surface area contributed by atoms with Gasteiger partial charge in [0.25, 0.3) is 0 Å². The van der Waals surface area contributed by atoms with Gasteiger partial charge in [-0.1, -0.05) is 13.8 Å². The highest BCUT2D eigenvalue weighted by Crippen LogP contribution is 2.35. The summed E-state index contributed by atoms with van der Waals surface area (Å²) in [6.07, 6.45) is 0. The van der Waals surface area contributed by atoms with Crippen LogP contribution in [0.3, 0.4) is 0 Å². The zero-order chi connectivity index (χ0) is 15.4. The van der Waals surface area contributed by atoms with Crippen molar-refractivity contribution in [2.45, 2.75) is 61.3 Å². The van der Waals surface area contributed by atoms with Gasteiger partial charge in [0.15, 0.2) is 5.69 Å². The molecule has 1 aromatic heterocycles. The van der Waals surface area contributed by atoms with Gasteiger partial charge in [-0.3, -0.25) is 0 Å². The van der Waals surface area contributed by atoms with Crippen molar-refractivity contribution in [3.63, 3.8) is 0 Å². The smallest absolute Gasteiger partial charge is 0.198 e. The molecular formula is C19H28N+. The number of hydrogen-bond acceptors (Lipinski definition) is 0. The summed E-state index contributed by atoms with van der Waals surface area (Å²) in [5, 5.41) is 1.48. The number of aryl methyl sites for hydroxylation is 3. The number of pyridine rings is 1. The van der Waals surface area contributed by atoms with Crippen molar-refractivity contribution in [3.05, 3.63) is 39.1 Å². The monoisotopic (exact) mass is 270 g/mol. The summed E-state index contributed by atoms with van der Waals surface area (Å²) in [6.45, 7) is 18.2. The van der Waals surface area contributed by atoms with Crippen molar-refractivity contribution >= 4 is 10.9 Å². The molecule has 20 heavy (non-hydrogen) atoms. The Bertz CT molecular complexity index is 698. The highest BCUT2D eigenvalue weighted by atomic mass is 14.9. The molecule has 2 aromatic rings. The van der Waals surface area contributed by atoms with Crippen LogP contribution >= 0.6 is 0 Å². The molecule has 1 heteroatoms. The van der Waals surface area contributed by atoms with Crippen molar-refractivity contribution in [2.75, 3.05) is 0 Å². The molecule has 0 fully saturated rings. The van der Waals surface area contributed by atoms with E-state index in [0.29, 0.717) is 5.92 Å². The van der Waals surface area contributed by atoms with E-state index in [1.807, 2.05) is 0 Å². The van der Waals surface area contributed by atoms with Crippen LogP contribution in [0.2, 0.25) is 0 Å². The van der Waals surface area contributed by atoms with E-state index in [1.54, 1.807) is 0 Å². The first kappa shape index (κ1) is 15.0. The van der Waals surface area contributed by atoms with Gasteiger partial charge in [0.1, 0.15) is 7.05 Å². The van der Waals surface area contributed by atoms with Gasteiger partial charge >= 0.3 is 0 Å². The molecule has 108 valence electrons. The lowest BCUT2D eigenvalue weighted by Gasteiger charge is -2.20. The minimum absolute atomic E-state index is 0.553. The molecule has 0 saturated carbocycles. The highest BCUT2D eigenvalue weighted by Gasteiger charge is 2.24. The Kier molecular flexibility index (Phi) is 3.66. The number of fused-ring (bicyclic) bond motifs is 1. The molecule has 0 atom stereocenters. The number of nitrogens with zero attached hydrogens (tertiary/aromatic N) is 1. The molecule has 0 bridgehead atoms. The van der Waals surface area contributed by atoms with Gasteiger partial charge in [-0.25, -0.2) is 0 Å². The van der Waals surface area contributed by atoms with Crippen LogP contribution in [-0.2, 0) is 7.05 Å². The Morgan fingerprint density at radius 3 is 1.75 bits per heavy atom. The fourth-order valence-corrected chi connectivity index (χ4v) is 3.56. The third-order valence-electron chi connectivity index (χ3n) is 5.29. The molecule has 0 aliphatic heterocycles. The van der Waals surface area contributed by atoms with Crippen LogP contribution in [0.4, 0.5) is 0 Å². The summed E-state index contributed by atoms with van der Waals surface area (Å²) in [6, 6.07) is 0. The van der Waals surface area contributed by atoms with Gasteiger partial charge in [0.05, 0.1) is 5.39 Å². The van der Waals surface area contributed by atoms with Crippen molar-refractivity contribution in [2.24, 2.45) is 7.05 Å². The molecular weight excluding hydrogens is 242 g/mol. The van der Waals surface area contributed by atoms with Gasteiger partial charge in [-0.2, -0.15) is 4.57 Å². The average molecular weight is 270 g/mol. The molecule has 0 saturated heterocycles. The molecule has 0 amide bonds. The maximum atomic E-state index is 2.38. The Balaban J connectivity index is 3.22. The molecule has 0 spiro atoms. The summed E-state index contributed by atoms with van der Waals surface area (Å²) < 4.78 is 2.38. The minimum atomic E-state index is 0.553. The zero-order valence-corrected chi connectivity index (χ0v) is 14.5. The summed E-state index contributed by atoms with van der Waals surface area (Å²) in [5.74, 6) is 0.553. The van der Waals surface area contributed by atoms with Crippen molar-refractivity contribution in [3.8, 4) is 0 Å². The third kappa shape index (κ3) is 1.87. The zero-order valence-electron chi connectivity index (χ0n) is 14.5. The van der Waals surface area contributed by atoms with Gasteiger partial charge in [-0.05, 0) is 62.8 Å². The second-order valence-electron chi connectivity index (χ2n) is 6.56. The lowest BCUT2D eigenvalue weighted by Crippen LogP contribution is -2.35. The number of hydrogen-bond donors (Lipinski definition) is 0. The van der Waals surface area contributed by atoms with Gasteiger partial charge in [-0.15, -0.1) is 0 Å². The first-order chi connectivity index (χ1) is 9.20. The Hall–Kier alpha value is -1.37. The number of rotatable bonds is 1. The lowest BCUT2D eigenvalue weighted by molar-refractivity contribution is -0.651. The van der Waals surface area contributed by atoms with Crippen LogP contribution in [0.5, 0.6) is 0 Å². The molecule has 2 rings (SSSR count). The van der Waals surface area contributed by atoms with Gasteiger partial charge in [0, 0.05) is 18.1 Å². The third-order valence-corrected chi connectivity index (χ3v) is 5.29. The first-order valence-corrected chi connectivity index (χ1v) is 7.59. The maximum absolute atomic E-state index is 2.38. The molecule has 0 radical (unpaired) electrons. The molecule has 1 heterocycles. The normalized spacial score (nSPS) is 11.7. The molecule has 0 aliphatic carbocycles. The SMILES string of the molecule is Cc1c(C)c(C)c2c(c(C)c(C)c(C)[n+]2C)c1C(C)C. The van der Waals surface area contributed by atoms with Crippen molar-refractivity contribution in [1.29, 1.82) is 0 Å². The lowest BCUT2D eigenvalue weighted by atomic mass is 9.85. The summed E-state index contributed by atoms with van der Waals surface area (Å²) in [4.78, 5) is 0. The second kappa shape index (κ2) is 4.87. The molecule has 1 aromatic carbocycles. The van der Waals surface area contributed by atoms with Crippen LogP contribution in [-0.4, -0.2) is 0 Å². The molecule has 0 unspecified atom stereocenters. The number of benzene rings is 1. The van der Waals surface area contributed by atoms with Crippen LogP contribution in [0.15, 0.2) is 0 Å². The topological polar surface area (TPSA) is 3.88 Å². The Labute approximate surface area is 123 Å². The van der Waals surface area contributed by atoms with E-state index in [-0.39, 0.29) is 0 Å². The van der Waals surface area contributed by atoms with Gasteiger partial charge in [0.2, 0.25) is 5.52 Å². The number of aromatic nitrogens is 1. The fourth-order valence-electron chi connectivity index (χ4n) is 3.56. The van der Waals surface area contributed by atoms with Crippen molar-refractivity contribution in [1.82, 2.24) is 0 Å². The summed E-state index contributed by atoms with van der Waals surface area (Å²) in [5.41, 5.74) is 11.5. The van der Waals surface area contributed by atoms with Gasteiger partial charge < -0.3 is 0 Å².